The fourth-order valence-corrected chi connectivity index (χ4v) is 4.69. The molecule has 0 spiro atoms. The van der Waals surface area contributed by atoms with E-state index >= 15 is 0 Å². The molecule has 0 unspecified atom stereocenters. The summed E-state index contributed by atoms with van der Waals surface area (Å²) in [6, 6.07) is 9.18. The molecule has 10 heteroatoms. The van der Waals surface area contributed by atoms with Crippen LogP contribution in [0.25, 0.3) is 28.0 Å². The molecule has 2 aromatic carbocycles. The molecular weight excluding hydrogens is 496 g/mol. The van der Waals surface area contributed by atoms with Crippen LogP contribution in [0.4, 0.5) is 5.69 Å². The summed E-state index contributed by atoms with van der Waals surface area (Å²) < 4.78 is 6.87. The summed E-state index contributed by atoms with van der Waals surface area (Å²) in [4.78, 5) is 44.4. The van der Waals surface area contributed by atoms with Crippen molar-refractivity contribution in [1.82, 2.24) is 20.0 Å². The van der Waals surface area contributed by atoms with Crippen LogP contribution in [0.5, 0.6) is 5.75 Å². The zero-order valence-electron chi connectivity index (χ0n) is 22.8. The topological polar surface area (TPSA) is 132 Å². The van der Waals surface area contributed by atoms with Gasteiger partial charge in [-0.2, -0.15) is 5.10 Å². The maximum Gasteiger partial charge on any atom is 0.275 e. The van der Waals surface area contributed by atoms with Crippen molar-refractivity contribution in [1.29, 1.82) is 0 Å². The van der Waals surface area contributed by atoms with Crippen LogP contribution in [0.15, 0.2) is 51.9 Å². The second-order valence-electron chi connectivity index (χ2n) is 9.44. The van der Waals surface area contributed by atoms with Crippen LogP contribution in [0.3, 0.4) is 0 Å². The molecule has 2 heterocycles. The normalized spacial score (nSPS) is 12.7. The first kappa shape index (κ1) is 27.6. The summed E-state index contributed by atoms with van der Waals surface area (Å²) in [6.07, 6.45) is 5.39. The maximum absolute atomic E-state index is 13.4. The maximum atomic E-state index is 13.4. The number of ether oxygens (including phenoxy) is 1. The Morgan fingerprint density at radius 2 is 1.87 bits per heavy atom. The van der Waals surface area contributed by atoms with E-state index in [1.165, 1.54) is 7.05 Å². The van der Waals surface area contributed by atoms with Gasteiger partial charge in [-0.15, -0.1) is 0 Å². The van der Waals surface area contributed by atoms with Gasteiger partial charge in [0.1, 0.15) is 18.1 Å². The smallest absolute Gasteiger partial charge is 0.275 e. The third-order valence-electron chi connectivity index (χ3n) is 6.60. The molecule has 0 saturated carbocycles. The van der Waals surface area contributed by atoms with Crippen molar-refractivity contribution in [2.75, 3.05) is 27.2 Å². The number of hydrogen-bond acceptors (Lipinski definition) is 7. The van der Waals surface area contributed by atoms with Crippen molar-refractivity contribution in [3.63, 3.8) is 0 Å². The number of carbonyl (C=O) groups is 2. The van der Waals surface area contributed by atoms with E-state index in [1.807, 2.05) is 35.2 Å². The molecule has 0 radical (unpaired) electrons. The molecule has 3 N–H and O–H groups in total. The van der Waals surface area contributed by atoms with E-state index in [2.05, 4.69) is 29.3 Å². The van der Waals surface area contributed by atoms with E-state index in [4.69, 9.17) is 10.5 Å². The largest absolute Gasteiger partial charge is 0.496 e. The summed E-state index contributed by atoms with van der Waals surface area (Å²) in [5, 5.41) is 7.75. The second kappa shape index (κ2) is 11.9. The summed E-state index contributed by atoms with van der Waals surface area (Å²) in [7, 11) is 3.08. The van der Waals surface area contributed by atoms with Crippen LogP contribution < -0.4 is 21.3 Å². The van der Waals surface area contributed by atoms with E-state index in [0.29, 0.717) is 52.3 Å². The molecule has 2 amide bonds. The first-order chi connectivity index (χ1) is 18.8. The van der Waals surface area contributed by atoms with Crippen molar-refractivity contribution in [2.45, 2.75) is 39.7 Å². The number of nitrogens with two attached hydrogens (primary N) is 1. The van der Waals surface area contributed by atoms with Gasteiger partial charge < -0.3 is 20.7 Å². The van der Waals surface area contributed by atoms with Gasteiger partial charge in [-0.05, 0) is 54.3 Å². The fraction of sp³-hybridized carbons (Fsp3) is 0.345. The lowest BCUT2D eigenvalue weighted by Crippen LogP contribution is -2.34. The Balaban J connectivity index is 1.77. The first-order valence-electron chi connectivity index (χ1n) is 13.0. The van der Waals surface area contributed by atoms with Gasteiger partial charge in [0.05, 0.1) is 24.4 Å². The minimum atomic E-state index is -0.345. The Bertz CT molecular complexity index is 1530. The number of aromatic nitrogens is 2. The standard InChI is InChI=1S/C29H34N6O4/c1-5-9-34(10-6-2)28(37)20-12-23-24(33-26(30)15-20)13-19(14-25(23)39-4)18-7-8-22-21(11-18)16-32-35(29(22)38)17-27(36)31-3/h7-8,11-14,16H,5-6,9-10,15,17H2,1-4H3,(H2,30,33)(H,31,36). The fourth-order valence-electron chi connectivity index (χ4n) is 4.69. The molecule has 204 valence electrons. The van der Waals surface area contributed by atoms with Gasteiger partial charge in [-0.3, -0.25) is 14.4 Å². The quantitative estimate of drug-likeness (QED) is 0.437. The summed E-state index contributed by atoms with van der Waals surface area (Å²) in [5.41, 5.74) is 9.43. The molecule has 0 saturated heterocycles. The highest BCUT2D eigenvalue weighted by Gasteiger charge is 2.23. The number of nitrogens with zero attached hydrogens (tertiary/aromatic N) is 4. The lowest BCUT2D eigenvalue weighted by molar-refractivity contribution is -0.127. The molecule has 0 aliphatic carbocycles. The first-order valence-corrected chi connectivity index (χ1v) is 13.0. The summed E-state index contributed by atoms with van der Waals surface area (Å²) in [5.74, 6) is 0.558. The highest BCUT2D eigenvalue weighted by atomic mass is 16.5. The van der Waals surface area contributed by atoms with E-state index in [0.717, 1.165) is 28.7 Å². The van der Waals surface area contributed by atoms with Gasteiger partial charge in [0, 0.05) is 43.1 Å². The van der Waals surface area contributed by atoms with E-state index in [9.17, 15) is 14.4 Å². The summed E-state index contributed by atoms with van der Waals surface area (Å²) >= 11 is 0. The van der Waals surface area contributed by atoms with E-state index in [-0.39, 0.29) is 30.3 Å². The third-order valence-corrected chi connectivity index (χ3v) is 6.60. The lowest BCUT2D eigenvalue weighted by Gasteiger charge is -2.22. The molecule has 1 aliphatic rings. The molecule has 0 bridgehead atoms. The molecule has 1 aliphatic heterocycles. The second-order valence-corrected chi connectivity index (χ2v) is 9.44. The Kier molecular flexibility index (Phi) is 8.43. The number of benzene rings is 2. The highest BCUT2D eigenvalue weighted by Crippen LogP contribution is 2.39. The molecular formula is C29H34N6O4. The minimum Gasteiger partial charge on any atom is -0.496 e. The molecule has 39 heavy (non-hydrogen) atoms. The molecule has 3 aromatic rings. The molecule has 0 fully saturated rings. The van der Waals surface area contributed by atoms with Gasteiger partial charge in [0.25, 0.3) is 5.56 Å². The molecule has 4 rings (SSSR count). The Hall–Kier alpha value is -4.47. The molecule has 10 nitrogen and oxygen atoms in total. The molecule has 1 aromatic heterocycles. The number of nitrogens with one attached hydrogen (secondary N) is 1. The lowest BCUT2D eigenvalue weighted by atomic mass is 9.98. The monoisotopic (exact) mass is 530 g/mol. The van der Waals surface area contributed by atoms with Crippen LogP contribution in [0, 0.1) is 0 Å². The summed E-state index contributed by atoms with van der Waals surface area (Å²) in [6.45, 7) is 5.31. The number of amides is 2. The number of rotatable bonds is 9. The van der Waals surface area contributed by atoms with Crippen molar-refractivity contribution < 1.29 is 14.3 Å². The van der Waals surface area contributed by atoms with Crippen molar-refractivity contribution in [3.8, 4) is 16.9 Å². The van der Waals surface area contributed by atoms with Crippen molar-refractivity contribution in [3.05, 3.63) is 58.0 Å². The minimum absolute atomic E-state index is 0.0417. The van der Waals surface area contributed by atoms with Gasteiger partial charge >= 0.3 is 0 Å². The van der Waals surface area contributed by atoms with Gasteiger partial charge in [-0.1, -0.05) is 19.9 Å². The molecule has 0 atom stereocenters. The number of aliphatic imine (C=N–C) groups is 1. The van der Waals surface area contributed by atoms with Crippen molar-refractivity contribution in [2.24, 2.45) is 10.7 Å². The van der Waals surface area contributed by atoms with Crippen molar-refractivity contribution >= 4 is 40.2 Å². The zero-order chi connectivity index (χ0) is 28.1. The SMILES string of the molecule is CCCN(CCC)C(=O)C1=Cc2c(cc(-c3ccc4c(=O)n(CC(=O)NC)ncc4c3)cc2OC)N=C(N)C1. The average molecular weight is 531 g/mol. The van der Waals surface area contributed by atoms with Gasteiger partial charge in [0.2, 0.25) is 11.8 Å². The number of carbonyl (C=O) groups excluding carboxylic acids is 2. The average Bonchev–Trinajstić information content (AvgIpc) is 3.11. The van der Waals surface area contributed by atoms with Crippen LogP contribution in [-0.2, 0) is 16.1 Å². The Labute approximate surface area is 227 Å². The van der Waals surface area contributed by atoms with Crippen LogP contribution in [0.1, 0.15) is 38.7 Å². The Morgan fingerprint density at radius 1 is 1.13 bits per heavy atom. The third kappa shape index (κ3) is 5.84. The predicted molar refractivity (Wildman–Crippen MR) is 153 cm³/mol. The van der Waals surface area contributed by atoms with Crippen LogP contribution >= 0.6 is 0 Å². The van der Waals surface area contributed by atoms with Gasteiger partial charge in [0.15, 0.2) is 0 Å². The zero-order valence-corrected chi connectivity index (χ0v) is 22.8. The number of likely N-dealkylation sites (N-methyl/N-ethyl adjacent to an activating group) is 1. The van der Waals surface area contributed by atoms with Crippen LogP contribution in [-0.4, -0.2) is 59.6 Å². The van der Waals surface area contributed by atoms with E-state index < -0.39 is 0 Å². The predicted octanol–water partition coefficient (Wildman–Crippen LogP) is 3.24. The van der Waals surface area contributed by atoms with E-state index in [1.54, 1.807) is 19.4 Å². The number of fused-ring (bicyclic) bond motifs is 2. The Morgan fingerprint density at radius 3 is 2.54 bits per heavy atom. The van der Waals surface area contributed by atoms with Gasteiger partial charge in [-0.25, -0.2) is 9.67 Å². The highest BCUT2D eigenvalue weighted by molar-refractivity contribution is 6.06. The van der Waals surface area contributed by atoms with Crippen LogP contribution in [0.2, 0.25) is 0 Å². The number of amidine groups is 1. The number of hydrogen-bond donors (Lipinski definition) is 2. The number of methoxy groups -OCH3 is 1.